The molecule has 3 saturated carbocycles. The van der Waals surface area contributed by atoms with Gasteiger partial charge < -0.3 is 5.11 Å². The van der Waals surface area contributed by atoms with Crippen molar-refractivity contribution in [3.05, 3.63) is 11.6 Å². The highest BCUT2D eigenvalue weighted by atomic mass is 16.3. The van der Waals surface area contributed by atoms with Crippen molar-refractivity contribution in [3.63, 3.8) is 0 Å². The third kappa shape index (κ3) is 2.13. The van der Waals surface area contributed by atoms with Crippen LogP contribution in [0.4, 0.5) is 0 Å². The van der Waals surface area contributed by atoms with Crippen LogP contribution in [-0.4, -0.2) is 17.0 Å². The van der Waals surface area contributed by atoms with Gasteiger partial charge in [0.2, 0.25) is 0 Å². The molecule has 0 aromatic carbocycles. The number of ketones is 1. The molecule has 1 N–H and O–H groups in total. The SMILES string of the molecule is C[C@H](O)[C@H]1CC[C@H]2[C@H]3CCC4=CC(=O)CC[C@@]4(C)[C@H]3CC[C@]12C. The Morgan fingerprint density at radius 1 is 1.09 bits per heavy atom. The van der Waals surface area contributed by atoms with Crippen molar-refractivity contribution in [2.24, 2.45) is 34.5 Å². The first kappa shape index (κ1) is 15.9. The van der Waals surface area contributed by atoms with Crippen molar-refractivity contribution in [3.8, 4) is 0 Å². The summed E-state index contributed by atoms with van der Waals surface area (Å²) in [6.45, 7) is 6.92. The number of aliphatic hydroxyl groups excluding tert-OH is 1. The van der Waals surface area contributed by atoms with E-state index in [9.17, 15) is 9.90 Å². The third-order valence-electron chi connectivity index (χ3n) is 8.62. The normalized spacial score (nSPS) is 50.6. The summed E-state index contributed by atoms with van der Waals surface area (Å²) >= 11 is 0. The van der Waals surface area contributed by atoms with Gasteiger partial charge in [-0.1, -0.05) is 19.4 Å². The van der Waals surface area contributed by atoms with E-state index in [1.54, 1.807) is 0 Å². The summed E-state index contributed by atoms with van der Waals surface area (Å²) in [6, 6.07) is 0. The lowest BCUT2D eigenvalue weighted by Gasteiger charge is -2.58. The second-order valence-electron chi connectivity index (χ2n) is 9.44. The van der Waals surface area contributed by atoms with Crippen LogP contribution in [0.15, 0.2) is 11.6 Å². The highest BCUT2D eigenvalue weighted by Crippen LogP contribution is 2.66. The molecule has 3 fully saturated rings. The molecule has 2 nitrogen and oxygen atoms in total. The maximum Gasteiger partial charge on any atom is 0.155 e. The molecule has 128 valence electrons. The Balaban J connectivity index is 1.66. The average Bonchev–Trinajstić information content (AvgIpc) is 2.85. The molecule has 0 spiro atoms. The molecule has 0 bridgehead atoms. The summed E-state index contributed by atoms with van der Waals surface area (Å²) in [5, 5.41) is 10.3. The molecule has 0 amide bonds. The van der Waals surface area contributed by atoms with Crippen LogP contribution < -0.4 is 0 Å². The van der Waals surface area contributed by atoms with Crippen LogP contribution in [0.5, 0.6) is 0 Å². The van der Waals surface area contributed by atoms with E-state index >= 15 is 0 Å². The van der Waals surface area contributed by atoms with Gasteiger partial charge in [0.05, 0.1) is 6.10 Å². The first-order chi connectivity index (χ1) is 10.9. The second-order valence-corrected chi connectivity index (χ2v) is 9.44. The van der Waals surface area contributed by atoms with Crippen LogP contribution in [-0.2, 0) is 4.79 Å². The molecule has 0 unspecified atom stereocenters. The minimum absolute atomic E-state index is 0.163. The zero-order valence-electron chi connectivity index (χ0n) is 15.0. The lowest BCUT2D eigenvalue weighted by molar-refractivity contribution is -0.117. The van der Waals surface area contributed by atoms with Gasteiger partial charge in [0.25, 0.3) is 0 Å². The summed E-state index contributed by atoms with van der Waals surface area (Å²) in [5.41, 5.74) is 2.09. The van der Waals surface area contributed by atoms with Crippen LogP contribution in [0.3, 0.4) is 0 Å². The number of rotatable bonds is 1. The summed E-state index contributed by atoms with van der Waals surface area (Å²) in [5.74, 6) is 3.21. The summed E-state index contributed by atoms with van der Waals surface area (Å²) in [6.07, 6.45) is 11.1. The van der Waals surface area contributed by atoms with Gasteiger partial charge in [-0.15, -0.1) is 0 Å². The van der Waals surface area contributed by atoms with Crippen molar-refractivity contribution >= 4 is 5.78 Å². The van der Waals surface area contributed by atoms with Crippen molar-refractivity contribution in [2.75, 3.05) is 0 Å². The molecule has 0 saturated heterocycles. The molecule has 0 aromatic rings. The largest absolute Gasteiger partial charge is 0.393 e. The van der Waals surface area contributed by atoms with E-state index < -0.39 is 0 Å². The number of carbonyl (C=O) groups excluding carboxylic acids is 1. The van der Waals surface area contributed by atoms with Crippen LogP contribution in [0.2, 0.25) is 0 Å². The number of fused-ring (bicyclic) bond motifs is 5. The number of hydrogen-bond donors (Lipinski definition) is 1. The minimum atomic E-state index is -0.163. The van der Waals surface area contributed by atoms with Gasteiger partial charge in [0.1, 0.15) is 0 Å². The quantitative estimate of drug-likeness (QED) is 0.772. The van der Waals surface area contributed by atoms with E-state index in [0.29, 0.717) is 17.1 Å². The van der Waals surface area contributed by atoms with E-state index in [1.165, 1.54) is 37.7 Å². The van der Waals surface area contributed by atoms with E-state index in [-0.39, 0.29) is 11.5 Å². The van der Waals surface area contributed by atoms with E-state index in [4.69, 9.17) is 0 Å². The standard InChI is InChI=1S/C21H32O2/c1-13(22)17-6-7-18-16-5-4-14-12-15(23)8-10-20(14,2)19(16)9-11-21(17,18)3/h12-13,16-19,22H,4-11H2,1-3H3/t13-,16+,17+,18-,19-,20+,21+/m0/s1. The molecule has 23 heavy (non-hydrogen) atoms. The molecular weight excluding hydrogens is 284 g/mol. The molecule has 0 heterocycles. The van der Waals surface area contributed by atoms with Crippen molar-refractivity contribution in [2.45, 2.75) is 78.2 Å². The van der Waals surface area contributed by atoms with E-state index in [0.717, 1.165) is 37.0 Å². The lowest BCUT2D eigenvalue weighted by Crippen LogP contribution is -2.51. The molecule has 4 aliphatic rings. The van der Waals surface area contributed by atoms with Crippen LogP contribution >= 0.6 is 0 Å². The van der Waals surface area contributed by atoms with Crippen molar-refractivity contribution in [1.82, 2.24) is 0 Å². The van der Waals surface area contributed by atoms with Gasteiger partial charge in [-0.25, -0.2) is 0 Å². The molecule has 7 atom stereocenters. The number of carbonyl (C=O) groups is 1. The Kier molecular flexibility index (Phi) is 3.58. The van der Waals surface area contributed by atoms with Crippen molar-refractivity contribution in [1.29, 1.82) is 0 Å². The molecule has 4 aliphatic carbocycles. The van der Waals surface area contributed by atoms with Crippen molar-refractivity contribution < 1.29 is 9.90 Å². The second kappa shape index (κ2) is 5.18. The van der Waals surface area contributed by atoms with Crippen LogP contribution in [0.1, 0.15) is 72.1 Å². The van der Waals surface area contributed by atoms with Gasteiger partial charge in [0.15, 0.2) is 5.78 Å². The lowest BCUT2D eigenvalue weighted by atomic mass is 9.46. The number of allylic oxidation sites excluding steroid dienone is 1. The Hall–Kier alpha value is -0.630. The fourth-order valence-electron chi connectivity index (χ4n) is 7.39. The van der Waals surface area contributed by atoms with Gasteiger partial charge in [0, 0.05) is 6.42 Å². The smallest absolute Gasteiger partial charge is 0.155 e. The Bertz CT molecular complexity index is 548. The van der Waals surface area contributed by atoms with Gasteiger partial charge >= 0.3 is 0 Å². The predicted molar refractivity (Wildman–Crippen MR) is 91.9 cm³/mol. The molecule has 2 heteroatoms. The van der Waals surface area contributed by atoms with Crippen LogP contribution in [0, 0.1) is 34.5 Å². The molecular formula is C21H32O2. The first-order valence-corrected chi connectivity index (χ1v) is 9.78. The fourth-order valence-corrected chi connectivity index (χ4v) is 7.39. The predicted octanol–water partition coefficient (Wildman–Crippen LogP) is 4.52. The van der Waals surface area contributed by atoms with Gasteiger partial charge in [-0.2, -0.15) is 0 Å². The first-order valence-electron chi connectivity index (χ1n) is 9.78. The Morgan fingerprint density at radius 2 is 1.87 bits per heavy atom. The zero-order valence-corrected chi connectivity index (χ0v) is 15.0. The monoisotopic (exact) mass is 316 g/mol. The zero-order chi connectivity index (χ0) is 16.4. The minimum Gasteiger partial charge on any atom is -0.393 e. The highest BCUT2D eigenvalue weighted by Gasteiger charge is 2.59. The van der Waals surface area contributed by atoms with Gasteiger partial charge in [-0.3, -0.25) is 4.79 Å². The summed E-state index contributed by atoms with van der Waals surface area (Å²) in [7, 11) is 0. The third-order valence-corrected chi connectivity index (χ3v) is 8.62. The molecule has 0 aromatic heterocycles. The maximum atomic E-state index is 11.9. The number of hydrogen-bond acceptors (Lipinski definition) is 2. The molecule has 4 rings (SSSR count). The number of aliphatic hydroxyl groups is 1. The fraction of sp³-hybridized carbons (Fsp3) is 0.857. The molecule has 0 radical (unpaired) electrons. The maximum absolute atomic E-state index is 11.9. The topological polar surface area (TPSA) is 37.3 Å². The average molecular weight is 316 g/mol. The highest BCUT2D eigenvalue weighted by molar-refractivity contribution is 5.91. The Labute approximate surface area is 140 Å². The van der Waals surface area contributed by atoms with E-state index in [1.807, 2.05) is 13.0 Å². The summed E-state index contributed by atoms with van der Waals surface area (Å²) in [4.78, 5) is 11.9. The van der Waals surface area contributed by atoms with Crippen LogP contribution in [0.25, 0.3) is 0 Å². The van der Waals surface area contributed by atoms with Gasteiger partial charge in [-0.05, 0) is 92.4 Å². The Morgan fingerprint density at radius 3 is 2.61 bits per heavy atom. The van der Waals surface area contributed by atoms with E-state index in [2.05, 4.69) is 13.8 Å². The summed E-state index contributed by atoms with van der Waals surface area (Å²) < 4.78 is 0. The molecule has 0 aliphatic heterocycles.